The lowest BCUT2D eigenvalue weighted by atomic mass is 9.85. The molecule has 1 saturated heterocycles. The van der Waals surface area contributed by atoms with Crippen molar-refractivity contribution >= 4 is 28.9 Å². The smallest absolute Gasteiger partial charge is 0.337 e. The number of carboxylic acid groups (broad SMARTS) is 1. The Morgan fingerprint density at radius 3 is 2.65 bits per heavy atom. The zero-order chi connectivity index (χ0) is 15.0. The van der Waals surface area contributed by atoms with E-state index in [1.165, 1.54) is 6.07 Å². The molecule has 0 spiro atoms. The predicted octanol–water partition coefficient (Wildman–Crippen LogP) is 3.49. The predicted molar refractivity (Wildman–Crippen MR) is 82.6 cm³/mol. The number of hydrogen-bond acceptors (Lipinski definition) is 3. The quantitative estimate of drug-likeness (QED) is 0.820. The van der Waals surface area contributed by atoms with Crippen molar-refractivity contribution in [3.8, 4) is 0 Å². The molecule has 0 aliphatic carbocycles. The molecule has 1 heterocycles. The van der Waals surface area contributed by atoms with Crippen molar-refractivity contribution in [1.82, 2.24) is 0 Å². The number of carbonyl (C=O) groups is 1. The summed E-state index contributed by atoms with van der Waals surface area (Å²) in [6.07, 6.45) is 1.15. The van der Waals surface area contributed by atoms with Gasteiger partial charge in [-0.1, -0.05) is 25.4 Å². The molecule has 20 heavy (non-hydrogen) atoms. The lowest BCUT2D eigenvalue weighted by molar-refractivity contribution is 0.0697. The van der Waals surface area contributed by atoms with Crippen LogP contribution in [0.5, 0.6) is 0 Å². The minimum absolute atomic E-state index is 0.183. The third-order valence-corrected chi connectivity index (χ3v) is 4.49. The van der Waals surface area contributed by atoms with Gasteiger partial charge in [0.2, 0.25) is 0 Å². The van der Waals surface area contributed by atoms with Crippen LogP contribution < -0.4 is 10.6 Å². The molecule has 0 aromatic heterocycles. The molecule has 110 valence electrons. The number of halogens is 1. The first-order chi connectivity index (χ1) is 9.31. The van der Waals surface area contributed by atoms with Gasteiger partial charge in [0.25, 0.3) is 0 Å². The van der Waals surface area contributed by atoms with Crippen molar-refractivity contribution < 1.29 is 9.90 Å². The van der Waals surface area contributed by atoms with Gasteiger partial charge in [-0.15, -0.1) is 0 Å². The average Bonchev–Trinajstić information content (AvgIpc) is 2.33. The van der Waals surface area contributed by atoms with Gasteiger partial charge >= 0.3 is 5.97 Å². The molecule has 1 aromatic carbocycles. The van der Waals surface area contributed by atoms with Gasteiger partial charge in [-0.25, -0.2) is 4.79 Å². The molecule has 3 atom stereocenters. The molecule has 5 heteroatoms. The third kappa shape index (κ3) is 2.70. The summed E-state index contributed by atoms with van der Waals surface area (Å²) in [7, 11) is 0. The SMILES string of the molecule is CC1CC(C)C(C)N(c2c(Cl)cc(N)cc2C(=O)O)C1. The highest BCUT2D eigenvalue weighted by Gasteiger charge is 2.32. The van der Waals surface area contributed by atoms with Crippen molar-refractivity contribution in [1.29, 1.82) is 0 Å². The number of nitrogen functional groups attached to an aromatic ring is 1. The molecule has 1 aliphatic heterocycles. The van der Waals surface area contributed by atoms with Crippen LogP contribution in [0.1, 0.15) is 37.6 Å². The highest BCUT2D eigenvalue weighted by atomic mass is 35.5. The molecule has 1 aromatic rings. The van der Waals surface area contributed by atoms with Crippen LogP contribution in [0.4, 0.5) is 11.4 Å². The van der Waals surface area contributed by atoms with E-state index in [4.69, 9.17) is 17.3 Å². The zero-order valence-corrected chi connectivity index (χ0v) is 12.8. The van der Waals surface area contributed by atoms with Gasteiger partial charge in [-0.2, -0.15) is 0 Å². The Bertz CT molecular complexity index is 533. The Kier molecular flexibility index (Phi) is 4.14. The van der Waals surface area contributed by atoms with Crippen LogP contribution >= 0.6 is 11.6 Å². The molecule has 3 unspecified atom stereocenters. The maximum absolute atomic E-state index is 11.5. The Hall–Kier alpha value is -1.42. The summed E-state index contributed by atoms with van der Waals surface area (Å²) in [4.78, 5) is 13.6. The van der Waals surface area contributed by atoms with E-state index in [0.29, 0.717) is 28.2 Å². The highest BCUT2D eigenvalue weighted by molar-refractivity contribution is 6.34. The number of benzene rings is 1. The summed E-state index contributed by atoms with van der Waals surface area (Å²) in [5, 5.41) is 9.83. The molecule has 1 aliphatic rings. The molecule has 3 N–H and O–H groups in total. The van der Waals surface area contributed by atoms with Gasteiger partial charge in [0, 0.05) is 18.3 Å². The van der Waals surface area contributed by atoms with Gasteiger partial charge in [-0.05, 0) is 37.3 Å². The van der Waals surface area contributed by atoms with E-state index >= 15 is 0 Å². The van der Waals surface area contributed by atoms with E-state index in [9.17, 15) is 9.90 Å². The minimum Gasteiger partial charge on any atom is -0.478 e. The van der Waals surface area contributed by atoms with Crippen LogP contribution in [0.25, 0.3) is 0 Å². The average molecular weight is 297 g/mol. The Balaban J connectivity index is 2.53. The molecule has 0 radical (unpaired) electrons. The van der Waals surface area contributed by atoms with Gasteiger partial charge in [0.05, 0.1) is 16.3 Å². The molecule has 1 fully saturated rings. The summed E-state index contributed by atoms with van der Waals surface area (Å²) < 4.78 is 0. The number of hydrogen-bond donors (Lipinski definition) is 2. The summed E-state index contributed by atoms with van der Waals surface area (Å²) in [6.45, 7) is 7.31. The maximum Gasteiger partial charge on any atom is 0.337 e. The first-order valence-electron chi connectivity index (χ1n) is 6.90. The number of nitrogens with two attached hydrogens (primary N) is 1. The van der Waals surface area contributed by atoms with E-state index in [0.717, 1.165) is 13.0 Å². The number of rotatable bonds is 2. The van der Waals surface area contributed by atoms with Crippen molar-refractivity contribution in [3.05, 3.63) is 22.7 Å². The summed E-state index contributed by atoms with van der Waals surface area (Å²) in [5.41, 5.74) is 6.88. The standard InChI is InChI=1S/C15H21ClN2O2/c1-8-4-9(2)10(3)18(7-8)14-12(15(19)20)5-11(17)6-13(14)16/h5-6,8-10H,4,7,17H2,1-3H3,(H,19,20). The van der Waals surface area contributed by atoms with E-state index < -0.39 is 5.97 Å². The summed E-state index contributed by atoms with van der Waals surface area (Å²) in [6, 6.07) is 3.37. The lowest BCUT2D eigenvalue weighted by Crippen LogP contribution is -2.46. The second-order valence-electron chi connectivity index (χ2n) is 5.92. The topological polar surface area (TPSA) is 66.6 Å². The van der Waals surface area contributed by atoms with Crippen molar-refractivity contribution in [2.45, 2.75) is 33.2 Å². The Labute approximate surface area is 124 Å². The summed E-state index contributed by atoms with van der Waals surface area (Å²) >= 11 is 6.29. The van der Waals surface area contributed by atoms with Crippen LogP contribution in [-0.2, 0) is 0 Å². The Morgan fingerprint density at radius 2 is 2.05 bits per heavy atom. The number of carboxylic acids is 1. The van der Waals surface area contributed by atoms with Crippen molar-refractivity contribution in [2.75, 3.05) is 17.2 Å². The monoisotopic (exact) mass is 296 g/mol. The fourth-order valence-electron chi connectivity index (χ4n) is 3.09. The van der Waals surface area contributed by atoms with Crippen LogP contribution in [0.15, 0.2) is 12.1 Å². The normalized spacial score (nSPS) is 26.6. The maximum atomic E-state index is 11.5. The molecule has 4 nitrogen and oxygen atoms in total. The fourth-order valence-corrected chi connectivity index (χ4v) is 3.42. The van der Waals surface area contributed by atoms with Crippen molar-refractivity contribution in [2.24, 2.45) is 11.8 Å². The van der Waals surface area contributed by atoms with E-state index in [1.54, 1.807) is 6.07 Å². The first kappa shape index (κ1) is 15.0. The lowest BCUT2D eigenvalue weighted by Gasteiger charge is -2.43. The molecular weight excluding hydrogens is 276 g/mol. The number of nitrogens with zero attached hydrogens (tertiary/aromatic N) is 1. The van der Waals surface area contributed by atoms with Gasteiger partial charge in [0.1, 0.15) is 0 Å². The molecular formula is C15H21ClN2O2. The van der Waals surface area contributed by atoms with E-state index in [1.807, 2.05) is 0 Å². The van der Waals surface area contributed by atoms with Crippen LogP contribution in [0.3, 0.4) is 0 Å². The zero-order valence-electron chi connectivity index (χ0n) is 12.1. The second kappa shape index (κ2) is 5.52. The molecule has 0 bridgehead atoms. The number of aromatic carboxylic acids is 1. The highest BCUT2D eigenvalue weighted by Crippen LogP contribution is 2.38. The minimum atomic E-state index is -0.993. The van der Waals surface area contributed by atoms with Gasteiger partial charge in [0.15, 0.2) is 0 Å². The second-order valence-corrected chi connectivity index (χ2v) is 6.32. The Morgan fingerprint density at radius 1 is 1.40 bits per heavy atom. The fraction of sp³-hybridized carbons (Fsp3) is 0.533. The largest absolute Gasteiger partial charge is 0.478 e. The number of anilines is 2. The number of piperidine rings is 1. The van der Waals surface area contributed by atoms with Gasteiger partial charge < -0.3 is 15.7 Å². The molecule has 2 rings (SSSR count). The van der Waals surface area contributed by atoms with Gasteiger partial charge in [-0.3, -0.25) is 0 Å². The van der Waals surface area contributed by atoms with Crippen LogP contribution in [0.2, 0.25) is 5.02 Å². The van der Waals surface area contributed by atoms with Crippen LogP contribution in [-0.4, -0.2) is 23.7 Å². The van der Waals surface area contributed by atoms with Crippen LogP contribution in [0, 0.1) is 11.8 Å². The molecule has 0 saturated carbocycles. The molecule has 0 amide bonds. The summed E-state index contributed by atoms with van der Waals surface area (Å²) in [5.74, 6) is 0.0118. The third-order valence-electron chi connectivity index (χ3n) is 4.20. The first-order valence-corrected chi connectivity index (χ1v) is 7.28. The van der Waals surface area contributed by atoms with Crippen molar-refractivity contribution in [3.63, 3.8) is 0 Å². The van der Waals surface area contributed by atoms with E-state index in [-0.39, 0.29) is 11.6 Å². The van der Waals surface area contributed by atoms with E-state index in [2.05, 4.69) is 25.7 Å².